The van der Waals surface area contributed by atoms with Crippen molar-refractivity contribution in [1.29, 1.82) is 0 Å². The molecule has 1 N–H and O–H groups in total. The molecule has 156 valence electrons. The van der Waals surface area contributed by atoms with E-state index in [1.54, 1.807) is 31.4 Å². The molecule has 0 heterocycles. The molecule has 1 amide bonds. The van der Waals surface area contributed by atoms with Crippen molar-refractivity contribution in [2.75, 3.05) is 12.4 Å². The molecule has 4 aromatic carbocycles. The lowest BCUT2D eigenvalue weighted by Crippen LogP contribution is -2.13. The second kappa shape index (κ2) is 9.11. The number of amides is 1. The Hall–Kier alpha value is -3.50. The van der Waals surface area contributed by atoms with Gasteiger partial charge in [-0.1, -0.05) is 48.0 Å². The van der Waals surface area contributed by atoms with Crippen molar-refractivity contribution in [2.24, 2.45) is 0 Å². The zero-order valence-electron chi connectivity index (χ0n) is 17.3. The SMILES string of the molecule is COc1ccc(C(=O)Nc2cccc3ccccc23)cc1COc1ccc(Cl)c(C)c1. The molecule has 0 aliphatic carbocycles. The van der Waals surface area contributed by atoms with Gasteiger partial charge in [0.1, 0.15) is 18.1 Å². The van der Waals surface area contributed by atoms with Gasteiger partial charge in [0.25, 0.3) is 5.91 Å². The Bertz CT molecular complexity index is 1250. The van der Waals surface area contributed by atoms with Gasteiger partial charge in [-0.05, 0) is 60.3 Å². The van der Waals surface area contributed by atoms with Crippen LogP contribution in [-0.2, 0) is 6.61 Å². The molecular formula is C26H22ClNO3. The third-order valence-electron chi connectivity index (χ3n) is 5.10. The predicted octanol–water partition coefficient (Wildman–Crippen LogP) is 6.64. The highest BCUT2D eigenvalue weighted by molar-refractivity contribution is 6.31. The first-order valence-electron chi connectivity index (χ1n) is 9.90. The van der Waals surface area contributed by atoms with E-state index in [4.69, 9.17) is 21.1 Å². The third-order valence-corrected chi connectivity index (χ3v) is 5.53. The van der Waals surface area contributed by atoms with Crippen LogP contribution in [0.25, 0.3) is 10.8 Å². The monoisotopic (exact) mass is 431 g/mol. The highest BCUT2D eigenvalue weighted by Crippen LogP contribution is 2.27. The fraction of sp³-hybridized carbons (Fsp3) is 0.115. The second-order valence-electron chi connectivity index (χ2n) is 7.21. The number of hydrogen-bond acceptors (Lipinski definition) is 3. The first-order valence-corrected chi connectivity index (χ1v) is 10.3. The normalized spacial score (nSPS) is 10.7. The van der Waals surface area contributed by atoms with Gasteiger partial charge in [0, 0.05) is 27.2 Å². The van der Waals surface area contributed by atoms with E-state index < -0.39 is 0 Å². The number of aryl methyl sites for hydroxylation is 1. The molecule has 4 rings (SSSR count). The van der Waals surface area contributed by atoms with Gasteiger partial charge in [-0.2, -0.15) is 0 Å². The quantitative estimate of drug-likeness (QED) is 0.372. The minimum Gasteiger partial charge on any atom is -0.496 e. The summed E-state index contributed by atoms with van der Waals surface area (Å²) < 4.78 is 11.4. The number of carbonyl (C=O) groups excluding carboxylic acids is 1. The minimum absolute atomic E-state index is 0.192. The molecule has 0 spiro atoms. The van der Waals surface area contributed by atoms with Gasteiger partial charge in [-0.25, -0.2) is 0 Å². The molecule has 4 aromatic rings. The van der Waals surface area contributed by atoms with Crippen molar-refractivity contribution in [3.05, 3.63) is 101 Å². The summed E-state index contributed by atoms with van der Waals surface area (Å²) in [5, 5.41) is 5.78. The number of carbonyl (C=O) groups is 1. The molecule has 0 aliphatic rings. The van der Waals surface area contributed by atoms with E-state index in [1.807, 2.05) is 61.5 Å². The lowest BCUT2D eigenvalue weighted by atomic mass is 10.1. The molecule has 0 radical (unpaired) electrons. The van der Waals surface area contributed by atoms with Crippen molar-refractivity contribution < 1.29 is 14.3 Å². The Labute approximate surface area is 186 Å². The molecule has 0 aliphatic heterocycles. The van der Waals surface area contributed by atoms with Gasteiger partial charge in [0.05, 0.1) is 7.11 Å². The van der Waals surface area contributed by atoms with Crippen LogP contribution in [0.5, 0.6) is 11.5 Å². The van der Waals surface area contributed by atoms with E-state index in [2.05, 4.69) is 5.32 Å². The standard InChI is InChI=1S/C26H22ClNO3/c1-17-14-21(11-12-23(17)27)31-16-20-15-19(10-13-25(20)30-2)26(29)28-24-9-5-7-18-6-3-4-8-22(18)24/h3-15H,16H2,1-2H3,(H,28,29). The maximum absolute atomic E-state index is 13.0. The lowest BCUT2D eigenvalue weighted by Gasteiger charge is -2.13. The summed E-state index contributed by atoms with van der Waals surface area (Å²) in [5.74, 6) is 1.17. The van der Waals surface area contributed by atoms with E-state index in [1.165, 1.54) is 0 Å². The van der Waals surface area contributed by atoms with E-state index >= 15 is 0 Å². The van der Waals surface area contributed by atoms with Gasteiger partial charge in [-0.15, -0.1) is 0 Å². The fourth-order valence-corrected chi connectivity index (χ4v) is 3.55. The number of hydrogen-bond donors (Lipinski definition) is 1. The molecule has 0 saturated carbocycles. The average Bonchev–Trinajstić information content (AvgIpc) is 2.80. The number of anilines is 1. The maximum atomic E-state index is 13.0. The fourth-order valence-electron chi connectivity index (χ4n) is 3.43. The van der Waals surface area contributed by atoms with Crippen molar-refractivity contribution in [3.63, 3.8) is 0 Å². The molecule has 0 bridgehead atoms. The summed E-state index contributed by atoms with van der Waals surface area (Å²) in [4.78, 5) is 13.0. The van der Waals surface area contributed by atoms with Crippen LogP contribution < -0.4 is 14.8 Å². The molecule has 0 fully saturated rings. The van der Waals surface area contributed by atoms with Crippen LogP contribution in [0.1, 0.15) is 21.5 Å². The second-order valence-corrected chi connectivity index (χ2v) is 7.61. The van der Waals surface area contributed by atoms with Crippen LogP contribution >= 0.6 is 11.6 Å². The van der Waals surface area contributed by atoms with Crippen molar-refractivity contribution in [3.8, 4) is 11.5 Å². The van der Waals surface area contributed by atoms with E-state index in [0.717, 1.165) is 27.6 Å². The number of ether oxygens (including phenoxy) is 2. The lowest BCUT2D eigenvalue weighted by molar-refractivity contribution is 0.102. The predicted molar refractivity (Wildman–Crippen MR) is 125 cm³/mol. The van der Waals surface area contributed by atoms with Gasteiger partial charge in [0.15, 0.2) is 0 Å². The largest absolute Gasteiger partial charge is 0.496 e. The number of nitrogens with one attached hydrogen (secondary N) is 1. The third kappa shape index (κ3) is 4.65. The molecule has 0 atom stereocenters. The van der Waals surface area contributed by atoms with E-state index in [-0.39, 0.29) is 12.5 Å². The maximum Gasteiger partial charge on any atom is 0.255 e. The van der Waals surface area contributed by atoms with Crippen molar-refractivity contribution in [2.45, 2.75) is 13.5 Å². The first kappa shape index (κ1) is 20.8. The summed E-state index contributed by atoms with van der Waals surface area (Å²) in [6.45, 7) is 2.19. The Morgan fingerprint density at radius 3 is 2.58 bits per heavy atom. The van der Waals surface area contributed by atoms with Gasteiger partial charge in [0.2, 0.25) is 0 Å². The van der Waals surface area contributed by atoms with Crippen LogP contribution in [-0.4, -0.2) is 13.0 Å². The van der Waals surface area contributed by atoms with Crippen LogP contribution in [0.15, 0.2) is 78.9 Å². The molecule has 0 aromatic heterocycles. The minimum atomic E-state index is -0.192. The smallest absolute Gasteiger partial charge is 0.255 e. The van der Waals surface area contributed by atoms with Crippen molar-refractivity contribution in [1.82, 2.24) is 0 Å². The van der Waals surface area contributed by atoms with Crippen LogP contribution in [0.4, 0.5) is 5.69 Å². The molecule has 0 saturated heterocycles. The molecule has 0 unspecified atom stereocenters. The number of fused-ring (bicyclic) bond motifs is 1. The topological polar surface area (TPSA) is 47.6 Å². The highest BCUT2D eigenvalue weighted by atomic mass is 35.5. The molecular weight excluding hydrogens is 410 g/mol. The molecule has 5 heteroatoms. The van der Waals surface area contributed by atoms with Crippen LogP contribution in [0.2, 0.25) is 5.02 Å². The molecule has 4 nitrogen and oxygen atoms in total. The summed E-state index contributed by atoms with van der Waals surface area (Å²) >= 11 is 6.08. The first-order chi connectivity index (χ1) is 15.0. The molecule has 31 heavy (non-hydrogen) atoms. The Kier molecular flexibility index (Phi) is 6.10. The average molecular weight is 432 g/mol. The Morgan fingerprint density at radius 2 is 1.77 bits per heavy atom. The van der Waals surface area contributed by atoms with E-state index in [0.29, 0.717) is 22.1 Å². The number of halogens is 1. The Morgan fingerprint density at radius 1 is 0.968 bits per heavy atom. The Balaban J connectivity index is 1.55. The van der Waals surface area contributed by atoms with Crippen LogP contribution in [0, 0.1) is 6.92 Å². The summed E-state index contributed by atoms with van der Waals surface area (Å²) in [7, 11) is 1.60. The zero-order chi connectivity index (χ0) is 21.8. The van der Waals surface area contributed by atoms with Crippen LogP contribution in [0.3, 0.4) is 0 Å². The number of rotatable bonds is 6. The highest BCUT2D eigenvalue weighted by Gasteiger charge is 2.13. The summed E-state index contributed by atoms with van der Waals surface area (Å²) in [6.07, 6.45) is 0. The number of benzene rings is 4. The summed E-state index contributed by atoms with van der Waals surface area (Å²) in [5.41, 5.74) is 3.02. The zero-order valence-corrected chi connectivity index (χ0v) is 18.1. The van der Waals surface area contributed by atoms with Crippen molar-refractivity contribution >= 4 is 34.0 Å². The van der Waals surface area contributed by atoms with Gasteiger partial charge in [-0.3, -0.25) is 4.79 Å². The van der Waals surface area contributed by atoms with Gasteiger partial charge >= 0.3 is 0 Å². The van der Waals surface area contributed by atoms with Gasteiger partial charge < -0.3 is 14.8 Å². The summed E-state index contributed by atoms with van der Waals surface area (Å²) in [6, 6.07) is 24.6. The van der Waals surface area contributed by atoms with E-state index in [9.17, 15) is 4.79 Å². The number of methoxy groups -OCH3 is 1.